The van der Waals surface area contributed by atoms with Crippen molar-refractivity contribution in [2.75, 3.05) is 26.9 Å². The van der Waals surface area contributed by atoms with Crippen LogP contribution >= 0.6 is 15.9 Å². The van der Waals surface area contributed by atoms with Crippen molar-refractivity contribution < 1.29 is 19.3 Å². The molecule has 0 fully saturated rings. The second kappa shape index (κ2) is 4.97. The average molecular weight is 317 g/mol. The van der Waals surface area contributed by atoms with Crippen molar-refractivity contribution in [3.8, 4) is 17.2 Å². The number of aliphatic hydroxyl groups excluding tert-OH is 1. The van der Waals surface area contributed by atoms with Crippen LogP contribution in [0.2, 0.25) is 0 Å². The fraction of sp³-hybridized carbons (Fsp3) is 0.538. The Kier molecular flexibility index (Phi) is 3.73. The van der Waals surface area contributed by atoms with Gasteiger partial charge in [0.2, 0.25) is 0 Å². The summed E-state index contributed by atoms with van der Waals surface area (Å²) in [7, 11) is 1.60. The molecule has 0 amide bonds. The van der Waals surface area contributed by atoms with Crippen LogP contribution in [0.4, 0.5) is 0 Å². The average Bonchev–Trinajstić information content (AvgIpc) is 2.38. The summed E-state index contributed by atoms with van der Waals surface area (Å²) in [4.78, 5) is 0. The topological polar surface area (TPSA) is 47.9 Å². The first kappa shape index (κ1) is 13.5. The van der Waals surface area contributed by atoms with Gasteiger partial charge in [-0.05, 0) is 22.0 Å². The molecule has 1 aliphatic rings. The Bertz CT molecular complexity index is 457. The van der Waals surface area contributed by atoms with Crippen LogP contribution in [0.5, 0.6) is 17.2 Å². The van der Waals surface area contributed by atoms with E-state index in [1.54, 1.807) is 7.11 Å². The number of hydrogen-bond donors (Lipinski definition) is 1. The van der Waals surface area contributed by atoms with Gasteiger partial charge in [-0.1, -0.05) is 13.8 Å². The summed E-state index contributed by atoms with van der Waals surface area (Å²) in [6, 6.07) is 1.88. The molecule has 1 N–H and O–H groups in total. The Labute approximate surface area is 115 Å². The van der Waals surface area contributed by atoms with Crippen LogP contribution in [-0.4, -0.2) is 32.0 Å². The predicted octanol–water partition coefficient (Wildman–Crippen LogP) is 2.50. The number of methoxy groups -OCH3 is 1. The lowest BCUT2D eigenvalue weighted by Gasteiger charge is -2.29. The molecule has 1 aromatic rings. The SMILES string of the molecule is COc1c(C(C)(C)CO)cc2c(c1Br)OCCO2. The summed E-state index contributed by atoms with van der Waals surface area (Å²) in [6.45, 7) is 4.98. The molecule has 0 bridgehead atoms. The first-order valence-corrected chi connectivity index (χ1v) is 6.58. The minimum atomic E-state index is -0.413. The van der Waals surface area contributed by atoms with E-state index in [2.05, 4.69) is 15.9 Å². The van der Waals surface area contributed by atoms with E-state index in [0.717, 1.165) is 10.0 Å². The molecule has 0 radical (unpaired) electrons. The van der Waals surface area contributed by atoms with Crippen molar-refractivity contribution in [1.29, 1.82) is 0 Å². The molecule has 1 aromatic carbocycles. The lowest BCUT2D eigenvalue weighted by molar-refractivity contribution is 0.167. The first-order valence-electron chi connectivity index (χ1n) is 5.78. The van der Waals surface area contributed by atoms with E-state index in [0.29, 0.717) is 30.5 Å². The Balaban J connectivity index is 2.63. The maximum absolute atomic E-state index is 9.52. The van der Waals surface area contributed by atoms with Crippen LogP contribution in [0.15, 0.2) is 10.5 Å². The third-order valence-electron chi connectivity index (χ3n) is 3.06. The van der Waals surface area contributed by atoms with E-state index in [4.69, 9.17) is 14.2 Å². The zero-order valence-electron chi connectivity index (χ0n) is 10.7. The second-order valence-electron chi connectivity index (χ2n) is 4.84. The fourth-order valence-electron chi connectivity index (χ4n) is 1.92. The zero-order chi connectivity index (χ0) is 13.3. The summed E-state index contributed by atoms with van der Waals surface area (Å²) in [5, 5.41) is 9.52. The highest BCUT2D eigenvalue weighted by Crippen LogP contribution is 2.48. The summed E-state index contributed by atoms with van der Waals surface area (Å²) in [5.41, 5.74) is 0.479. The molecule has 1 heterocycles. The van der Waals surface area contributed by atoms with Crippen LogP contribution in [-0.2, 0) is 5.41 Å². The van der Waals surface area contributed by atoms with E-state index in [9.17, 15) is 5.11 Å². The summed E-state index contributed by atoms with van der Waals surface area (Å²) in [6.07, 6.45) is 0. The molecular weight excluding hydrogens is 300 g/mol. The van der Waals surface area contributed by atoms with Gasteiger partial charge >= 0.3 is 0 Å². The zero-order valence-corrected chi connectivity index (χ0v) is 12.3. The largest absolute Gasteiger partial charge is 0.495 e. The third kappa shape index (κ3) is 2.17. The van der Waals surface area contributed by atoms with Crippen molar-refractivity contribution in [2.45, 2.75) is 19.3 Å². The van der Waals surface area contributed by atoms with E-state index in [1.807, 2.05) is 19.9 Å². The van der Waals surface area contributed by atoms with Gasteiger partial charge < -0.3 is 19.3 Å². The fourth-order valence-corrected chi connectivity index (χ4v) is 2.60. The Morgan fingerprint density at radius 1 is 1.39 bits per heavy atom. The van der Waals surface area contributed by atoms with Crippen LogP contribution in [0.3, 0.4) is 0 Å². The quantitative estimate of drug-likeness (QED) is 0.930. The summed E-state index contributed by atoms with van der Waals surface area (Å²) < 4.78 is 17.3. The Morgan fingerprint density at radius 3 is 2.67 bits per heavy atom. The molecule has 5 heteroatoms. The monoisotopic (exact) mass is 316 g/mol. The Hall–Kier alpha value is -0.940. The third-order valence-corrected chi connectivity index (χ3v) is 3.78. The molecular formula is C13H17BrO4. The number of hydrogen-bond acceptors (Lipinski definition) is 4. The molecule has 0 aromatic heterocycles. The normalized spacial score (nSPS) is 14.5. The van der Waals surface area contributed by atoms with Crippen molar-refractivity contribution in [2.24, 2.45) is 0 Å². The summed E-state index contributed by atoms with van der Waals surface area (Å²) in [5.74, 6) is 2.03. The lowest BCUT2D eigenvalue weighted by atomic mass is 9.84. The first-order chi connectivity index (χ1) is 8.51. The van der Waals surface area contributed by atoms with E-state index in [-0.39, 0.29) is 6.61 Å². The van der Waals surface area contributed by atoms with Crippen LogP contribution in [0.1, 0.15) is 19.4 Å². The number of rotatable bonds is 3. The minimum Gasteiger partial charge on any atom is -0.495 e. The standard InChI is InChI=1S/C13H17BrO4/c1-13(2,7-15)8-6-9-12(18-5-4-17-9)10(14)11(8)16-3/h6,15H,4-5,7H2,1-3H3. The smallest absolute Gasteiger partial charge is 0.179 e. The molecule has 0 saturated heterocycles. The Morgan fingerprint density at radius 2 is 2.06 bits per heavy atom. The van der Waals surface area contributed by atoms with Crippen LogP contribution < -0.4 is 14.2 Å². The predicted molar refractivity (Wildman–Crippen MR) is 71.8 cm³/mol. The van der Waals surface area contributed by atoms with Gasteiger partial charge in [-0.15, -0.1) is 0 Å². The molecule has 4 nitrogen and oxygen atoms in total. The van der Waals surface area contributed by atoms with Crippen molar-refractivity contribution >= 4 is 15.9 Å². The highest BCUT2D eigenvalue weighted by molar-refractivity contribution is 9.10. The number of aliphatic hydroxyl groups is 1. The van der Waals surface area contributed by atoms with E-state index >= 15 is 0 Å². The highest BCUT2D eigenvalue weighted by Gasteiger charge is 2.30. The molecule has 1 aliphatic heterocycles. The van der Waals surface area contributed by atoms with Gasteiger partial charge in [0, 0.05) is 11.0 Å². The minimum absolute atomic E-state index is 0.0233. The number of halogens is 1. The molecule has 0 spiro atoms. The molecule has 100 valence electrons. The number of fused-ring (bicyclic) bond motifs is 1. The van der Waals surface area contributed by atoms with Gasteiger partial charge in [-0.3, -0.25) is 0 Å². The maximum Gasteiger partial charge on any atom is 0.179 e. The molecule has 0 aliphatic carbocycles. The van der Waals surface area contributed by atoms with E-state index in [1.165, 1.54) is 0 Å². The van der Waals surface area contributed by atoms with Gasteiger partial charge in [0.05, 0.1) is 13.7 Å². The number of benzene rings is 1. The maximum atomic E-state index is 9.52. The van der Waals surface area contributed by atoms with E-state index < -0.39 is 5.41 Å². The van der Waals surface area contributed by atoms with Gasteiger partial charge in [-0.2, -0.15) is 0 Å². The lowest BCUT2D eigenvalue weighted by Crippen LogP contribution is -2.24. The molecule has 18 heavy (non-hydrogen) atoms. The van der Waals surface area contributed by atoms with Gasteiger partial charge in [0.1, 0.15) is 23.4 Å². The van der Waals surface area contributed by atoms with Gasteiger partial charge in [0.25, 0.3) is 0 Å². The number of ether oxygens (including phenoxy) is 3. The van der Waals surface area contributed by atoms with Crippen LogP contribution in [0.25, 0.3) is 0 Å². The van der Waals surface area contributed by atoms with Crippen molar-refractivity contribution in [3.63, 3.8) is 0 Å². The second-order valence-corrected chi connectivity index (χ2v) is 5.63. The van der Waals surface area contributed by atoms with Crippen molar-refractivity contribution in [3.05, 3.63) is 16.1 Å². The van der Waals surface area contributed by atoms with Crippen molar-refractivity contribution in [1.82, 2.24) is 0 Å². The molecule has 0 unspecified atom stereocenters. The van der Waals surface area contributed by atoms with Crippen LogP contribution in [0, 0.1) is 0 Å². The molecule has 2 rings (SSSR count). The molecule has 0 atom stereocenters. The molecule has 0 saturated carbocycles. The van der Waals surface area contributed by atoms with Gasteiger partial charge in [-0.25, -0.2) is 0 Å². The van der Waals surface area contributed by atoms with Gasteiger partial charge in [0.15, 0.2) is 11.5 Å². The highest BCUT2D eigenvalue weighted by atomic mass is 79.9. The summed E-state index contributed by atoms with van der Waals surface area (Å²) >= 11 is 3.49.